The van der Waals surface area contributed by atoms with E-state index in [4.69, 9.17) is 0 Å². The Bertz CT molecular complexity index is 390. The number of non-ortho nitro benzene ring substituents is 1. The number of rotatable bonds is 3. The Morgan fingerprint density at radius 2 is 2.21 bits per heavy atom. The molecule has 0 atom stereocenters. The predicted molar refractivity (Wildman–Crippen MR) is 55.7 cm³/mol. The molecule has 0 saturated carbocycles. The number of benzene rings is 1. The predicted octanol–water partition coefficient (Wildman–Crippen LogP) is 2.69. The van der Waals surface area contributed by atoms with Crippen LogP contribution in [0, 0.1) is 10.1 Å². The van der Waals surface area contributed by atoms with Gasteiger partial charge in [0.2, 0.25) is 4.69 Å². The first-order valence-corrected chi connectivity index (χ1v) is 4.82. The first kappa shape index (κ1) is 10.8. The first-order valence-electron chi connectivity index (χ1n) is 4.03. The molecule has 74 valence electrons. The molecule has 0 fully saturated rings. The van der Waals surface area contributed by atoms with Crippen LogP contribution < -0.4 is 0 Å². The van der Waals surface area contributed by atoms with Gasteiger partial charge in [-0.1, -0.05) is 6.92 Å². The highest BCUT2D eigenvalue weighted by molar-refractivity contribution is 9.18. The van der Waals surface area contributed by atoms with E-state index in [0.717, 1.165) is 0 Å². The molecule has 0 radical (unpaired) electrons. The van der Waals surface area contributed by atoms with E-state index in [0.29, 0.717) is 17.5 Å². The second-order valence-corrected chi connectivity index (χ2v) is 3.45. The number of nitro benzene ring substituents is 1. The van der Waals surface area contributed by atoms with E-state index in [-0.39, 0.29) is 10.4 Å². The Kier molecular flexibility index (Phi) is 3.35. The summed E-state index contributed by atoms with van der Waals surface area (Å²) < 4.78 is -0.246. The van der Waals surface area contributed by atoms with E-state index in [2.05, 4.69) is 15.9 Å². The van der Waals surface area contributed by atoms with Crippen molar-refractivity contribution in [3.63, 3.8) is 0 Å². The van der Waals surface area contributed by atoms with Crippen LogP contribution in [-0.4, -0.2) is 9.62 Å². The molecule has 1 aromatic rings. The highest BCUT2D eigenvalue weighted by atomic mass is 79.9. The van der Waals surface area contributed by atoms with E-state index in [1.807, 2.05) is 6.92 Å². The largest absolute Gasteiger partial charge is 0.281 e. The smallest absolute Gasteiger partial charge is 0.269 e. The van der Waals surface area contributed by atoms with Crippen molar-refractivity contribution in [3.8, 4) is 0 Å². The first-order chi connectivity index (χ1) is 6.56. The summed E-state index contributed by atoms with van der Waals surface area (Å²) in [6.45, 7) is 1.85. The molecule has 1 rings (SSSR count). The zero-order valence-electron chi connectivity index (χ0n) is 7.49. The maximum Gasteiger partial charge on any atom is 0.269 e. The summed E-state index contributed by atoms with van der Waals surface area (Å²) in [4.78, 5) is 21.0. The Labute approximate surface area is 89.2 Å². The molecule has 5 heteroatoms. The Hall–Kier alpha value is -1.23. The van der Waals surface area contributed by atoms with Crippen molar-refractivity contribution in [2.75, 3.05) is 0 Å². The molecule has 0 saturated heterocycles. The SMILES string of the molecule is CCc1cc([N+](=O)[O-])ccc1C(=O)Br. The number of nitro groups is 1. The zero-order valence-corrected chi connectivity index (χ0v) is 9.08. The van der Waals surface area contributed by atoms with Crippen LogP contribution in [0.2, 0.25) is 0 Å². The van der Waals surface area contributed by atoms with Gasteiger partial charge in [-0.15, -0.1) is 0 Å². The summed E-state index contributed by atoms with van der Waals surface area (Å²) in [5, 5.41) is 10.5. The van der Waals surface area contributed by atoms with Gasteiger partial charge in [-0.3, -0.25) is 14.9 Å². The van der Waals surface area contributed by atoms with Gasteiger partial charge in [0, 0.05) is 17.7 Å². The fraction of sp³-hybridized carbons (Fsp3) is 0.222. The standard InChI is InChI=1S/C9H8BrNO3/c1-2-6-5-7(11(13)14)3-4-8(6)9(10)12/h3-5H,2H2,1H3. The van der Waals surface area contributed by atoms with Crippen molar-refractivity contribution in [2.24, 2.45) is 0 Å². The minimum absolute atomic E-state index is 0.0133. The number of hydrogen-bond donors (Lipinski definition) is 0. The minimum atomic E-state index is -0.471. The molecule has 0 aromatic heterocycles. The van der Waals surface area contributed by atoms with Gasteiger partial charge >= 0.3 is 0 Å². The second kappa shape index (κ2) is 4.32. The summed E-state index contributed by atoms with van der Waals surface area (Å²) in [6, 6.07) is 4.22. The van der Waals surface area contributed by atoms with Gasteiger partial charge in [0.15, 0.2) is 0 Å². The van der Waals surface area contributed by atoms with Crippen LogP contribution in [0.1, 0.15) is 22.8 Å². The van der Waals surface area contributed by atoms with E-state index in [1.165, 1.54) is 18.2 Å². The molecule has 0 heterocycles. The third kappa shape index (κ3) is 2.17. The van der Waals surface area contributed by atoms with Gasteiger partial charge in [-0.2, -0.15) is 0 Å². The van der Waals surface area contributed by atoms with E-state index >= 15 is 0 Å². The van der Waals surface area contributed by atoms with Crippen LogP contribution in [0.15, 0.2) is 18.2 Å². The molecule has 0 N–H and O–H groups in total. The van der Waals surface area contributed by atoms with Gasteiger partial charge in [-0.25, -0.2) is 0 Å². The number of carbonyl (C=O) groups is 1. The maximum absolute atomic E-state index is 11.1. The number of hydrogen-bond acceptors (Lipinski definition) is 3. The van der Waals surface area contributed by atoms with Crippen molar-refractivity contribution in [1.29, 1.82) is 0 Å². The van der Waals surface area contributed by atoms with Crippen molar-refractivity contribution < 1.29 is 9.72 Å². The lowest BCUT2D eigenvalue weighted by Gasteiger charge is -2.02. The van der Waals surface area contributed by atoms with Gasteiger partial charge in [0.05, 0.1) is 4.92 Å². The van der Waals surface area contributed by atoms with Crippen molar-refractivity contribution in [3.05, 3.63) is 39.4 Å². The summed E-state index contributed by atoms with van der Waals surface area (Å²) in [5.74, 6) is 0. The molecule has 0 aliphatic carbocycles. The summed E-state index contributed by atoms with van der Waals surface area (Å²) in [5.41, 5.74) is 1.18. The average molecular weight is 258 g/mol. The Morgan fingerprint density at radius 3 is 2.64 bits per heavy atom. The van der Waals surface area contributed by atoms with Gasteiger partial charge in [0.1, 0.15) is 0 Å². The zero-order chi connectivity index (χ0) is 10.7. The molecule has 0 aliphatic heterocycles. The Morgan fingerprint density at radius 1 is 1.57 bits per heavy atom. The van der Waals surface area contributed by atoms with Gasteiger partial charge in [-0.05, 0) is 34.0 Å². The number of halogens is 1. The highest BCUT2D eigenvalue weighted by Gasteiger charge is 2.12. The van der Waals surface area contributed by atoms with Gasteiger partial charge < -0.3 is 0 Å². The third-order valence-corrected chi connectivity index (χ3v) is 2.32. The van der Waals surface area contributed by atoms with Crippen LogP contribution in [0.4, 0.5) is 5.69 Å². The van der Waals surface area contributed by atoms with Crippen LogP contribution in [0.5, 0.6) is 0 Å². The molecule has 0 spiro atoms. The van der Waals surface area contributed by atoms with Crippen LogP contribution in [-0.2, 0) is 6.42 Å². The van der Waals surface area contributed by atoms with E-state index < -0.39 is 4.92 Å². The normalized spacial score (nSPS) is 9.86. The fourth-order valence-corrected chi connectivity index (χ4v) is 1.56. The molecule has 1 aromatic carbocycles. The number of nitrogens with zero attached hydrogens (tertiary/aromatic N) is 1. The fourth-order valence-electron chi connectivity index (χ4n) is 1.18. The minimum Gasteiger partial charge on any atom is -0.281 e. The lowest BCUT2D eigenvalue weighted by Crippen LogP contribution is -1.98. The van der Waals surface area contributed by atoms with Crippen molar-refractivity contribution in [1.82, 2.24) is 0 Å². The Balaban J connectivity index is 3.25. The molecular weight excluding hydrogens is 250 g/mol. The lowest BCUT2D eigenvalue weighted by atomic mass is 10.1. The van der Waals surface area contributed by atoms with Crippen molar-refractivity contribution in [2.45, 2.75) is 13.3 Å². The molecule has 14 heavy (non-hydrogen) atoms. The van der Waals surface area contributed by atoms with Crippen LogP contribution in [0.25, 0.3) is 0 Å². The molecule has 0 bridgehead atoms. The van der Waals surface area contributed by atoms with E-state index in [9.17, 15) is 14.9 Å². The van der Waals surface area contributed by atoms with Gasteiger partial charge in [0.25, 0.3) is 5.69 Å². The summed E-state index contributed by atoms with van der Waals surface area (Å²) >= 11 is 2.83. The number of aryl methyl sites for hydroxylation is 1. The van der Waals surface area contributed by atoms with Crippen molar-refractivity contribution >= 4 is 26.3 Å². The third-order valence-electron chi connectivity index (χ3n) is 1.89. The highest BCUT2D eigenvalue weighted by Crippen LogP contribution is 2.20. The molecule has 4 nitrogen and oxygen atoms in total. The van der Waals surface area contributed by atoms with Crippen LogP contribution >= 0.6 is 15.9 Å². The quantitative estimate of drug-likeness (QED) is 0.475. The lowest BCUT2D eigenvalue weighted by molar-refractivity contribution is -0.384. The van der Waals surface area contributed by atoms with Crippen LogP contribution in [0.3, 0.4) is 0 Å². The summed E-state index contributed by atoms with van der Waals surface area (Å²) in [7, 11) is 0. The summed E-state index contributed by atoms with van der Waals surface area (Å²) in [6.07, 6.45) is 0.592. The average Bonchev–Trinajstić information content (AvgIpc) is 2.16. The monoisotopic (exact) mass is 257 g/mol. The molecule has 0 unspecified atom stereocenters. The molecule has 0 amide bonds. The molecule has 0 aliphatic rings. The second-order valence-electron chi connectivity index (χ2n) is 2.73. The number of carbonyl (C=O) groups excluding carboxylic acids is 1. The maximum atomic E-state index is 11.1. The topological polar surface area (TPSA) is 60.2 Å². The van der Waals surface area contributed by atoms with E-state index in [1.54, 1.807) is 0 Å². The molecular formula is C9H8BrNO3.